The Morgan fingerprint density at radius 1 is 1.25 bits per heavy atom. The summed E-state index contributed by atoms with van der Waals surface area (Å²) in [4.78, 5) is 28.3. The van der Waals surface area contributed by atoms with E-state index in [1.165, 1.54) is 6.33 Å². The summed E-state index contributed by atoms with van der Waals surface area (Å²) in [7, 11) is 2.15. The number of amides is 1. The van der Waals surface area contributed by atoms with Gasteiger partial charge in [0.1, 0.15) is 17.5 Å². The molecule has 1 atom stereocenters. The van der Waals surface area contributed by atoms with Crippen LogP contribution in [0, 0.1) is 12.8 Å². The maximum Gasteiger partial charge on any atom is 0.263 e. The van der Waals surface area contributed by atoms with E-state index in [0.29, 0.717) is 18.8 Å². The Morgan fingerprint density at radius 2 is 2.07 bits per heavy atom. The summed E-state index contributed by atoms with van der Waals surface area (Å²) in [5.41, 5.74) is 1.28. The lowest BCUT2D eigenvalue weighted by atomic mass is 9.97. The lowest BCUT2D eigenvalue weighted by Crippen LogP contribution is -2.48. The molecule has 2 fully saturated rings. The molecule has 0 radical (unpaired) electrons. The Bertz CT molecular complexity index is 816. The summed E-state index contributed by atoms with van der Waals surface area (Å²) >= 11 is 0. The Morgan fingerprint density at radius 3 is 2.89 bits per heavy atom. The van der Waals surface area contributed by atoms with Gasteiger partial charge in [-0.25, -0.2) is 4.98 Å². The fourth-order valence-electron chi connectivity index (χ4n) is 4.08. The molecule has 2 aromatic heterocycles. The van der Waals surface area contributed by atoms with Gasteiger partial charge >= 0.3 is 0 Å². The lowest BCUT2D eigenvalue weighted by Gasteiger charge is -2.34. The van der Waals surface area contributed by atoms with Crippen molar-refractivity contribution in [2.45, 2.75) is 19.8 Å². The van der Waals surface area contributed by atoms with Crippen LogP contribution in [0.4, 0.5) is 5.82 Å². The minimum Gasteiger partial charge on any atom is -0.355 e. The second-order valence-corrected chi connectivity index (χ2v) is 7.87. The van der Waals surface area contributed by atoms with Crippen molar-refractivity contribution in [1.82, 2.24) is 30.2 Å². The van der Waals surface area contributed by atoms with Crippen LogP contribution in [0.25, 0.3) is 11.1 Å². The Kier molecular flexibility index (Phi) is 5.72. The van der Waals surface area contributed by atoms with E-state index in [1.807, 2.05) is 6.92 Å². The second kappa shape index (κ2) is 8.40. The van der Waals surface area contributed by atoms with Gasteiger partial charge in [0.15, 0.2) is 0 Å². The number of piperazine rings is 1. The molecule has 0 aromatic carbocycles. The van der Waals surface area contributed by atoms with Gasteiger partial charge in [0.05, 0.1) is 11.6 Å². The van der Waals surface area contributed by atoms with Crippen molar-refractivity contribution in [3.63, 3.8) is 0 Å². The molecule has 1 amide bonds. The summed E-state index contributed by atoms with van der Waals surface area (Å²) in [5, 5.41) is 7.99. The molecule has 28 heavy (non-hydrogen) atoms. The van der Waals surface area contributed by atoms with E-state index < -0.39 is 0 Å². The van der Waals surface area contributed by atoms with Crippen molar-refractivity contribution in [3.8, 4) is 0 Å². The summed E-state index contributed by atoms with van der Waals surface area (Å²) in [6.07, 6.45) is 3.38. The predicted octanol–water partition coefficient (Wildman–Crippen LogP) is 0.506. The first-order valence-corrected chi connectivity index (χ1v) is 10.1. The normalized spacial score (nSPS) is 21.9. The zero-order chi connectivity index (χ0) is 19.5. The van der Waals surface area contributed by atoms with Gasteiger partial charge in [0.25, 0.3) is 5.71 Å². The number of likely N-dealkylation sites (N-methyl/N-ethyl adjacent to an activating group) is 1. The molecule has 2 aromatic rings. The van der Waals surface area contributed by atoms with Gasteiger partial charge in [-0.2, -0.15) is 4.98 Å². The number of nitrogens with one attached hydrogen (secondary N) is 1. The zero-order valence-corrected chi connectivity index (χ0v) is 16.7. The number of carbonyl (C=O) groups is 1. The molecule has 4 rings (SSSR count). The lowest BCUT2D eigenvalue weighted by molar-refractivity contribution is -0.125. The van der Waals surface area contributed by atoms with Crippen LogP contribution in [0.1, 0.15) is 18.5 Å². The number of fused-ring (bicyclic) bond motifs is 1. The molecule has 1 N–H and O–H groups in total. The molecule has 0 aliphatic carbocycles. The highest BCUT2D eigenvalue weighted by atomic mass is 16.5. The van der Waals surface area contributed by atoms with Crippen LogP contribution in [0.2, 0.25) is 0 Å². The number of piperidine rings is 1. The summed E-state index contributed by atoms with van der Waals surface area (Å²) in [6, 6.07) is 0. The van der Waals surface area contributed by atoms with Crippen molar-refractivity contribution in [1.29, 1.82) is 0 Å². The average Bonchev–Trinajstić information content (AvgIpc) is 3.11. The van der Waals surface area contributed by atoms with Crippen LogP contribution < -0.4 is 10.2 Å². The third-order valence-electron chi connectivity index (χ3n) is 5.84. The molecule has 0 spiro atoms. The molecule has 9 heteroatoms. The summed E-state index contributed by atoms with van der Waals surface area (Å²) < 4.78 is 5.26. The maximum absolute atomic E-state index is 12.7. The van der Waals surface area contributed by atoms with Crippen LogP contribution in [0.3, 0.4) is 0 Å². The summed E-state index contributed by atoms with van der Waals surface area (Å²) in [6.45, 7) is 9.41. The quantitative estimate of drug-likeness (QED) is 0.794. The fraction of sp³-hybridized carbons (Fsp3) is 0.684. The minimum atomic E-state index is -0.0218. The highest BCUT2D eigenvalue weighted by molar-refractivity contribution is 5.88. The highest BCUT2D eigenvalue weighted by Crippen LogP contribution is 2.29. The van der Waals surface area contributed by atoms with Crippen LogP contribution in [0.5, 0.6) is 0 Å². The van der Waals surface area contributed by atoms with Gasteiger partial charge < -0.3 is 19.6 Å². The monoisotopic (exact) mass is 387 g/mol. The SMILES string of the molecule is Cc1noc2ncnc(N3CCC[C@H](C(=O)NCCN4CCN(C)CC4)C3)c12. The standard InChI is InChI=1S/C19H29N7O2/c1-14-16-17(21-13-22-19(16)28-23-14)26-6-3-4-15(12-26)18(27)20-5-7-25-10-8-24(2)9-11-25/h13,15H,3-12H2,1-2H3,(H,20,27)/t15-/m0/s1. The largest absolute Gasteiger partial charge is 0.355 e. The molecular weight excluding hydrogens is 358 g/mol. The van der Waals surface area contributed by atoms with Crippen molar-refractivity contribution < 1.29 is 9.32 Å². The van der Waals surface area contributed by atoms with E-state index in [4.69, 9.17) is 4.52 Å². The van der Waals surface area contributed by atoms with Crippen molar-refractivity contribution in [2.24, 2.45) is 5.92 Å². The molecule has 152 valence electrons. The number of aryl methyl sites for hydroxylation is 1. The third kappa shape index (κ3) is 4.10. The van der Waals surface area contributed by atoms with Crippen LogP contribution in [0.15, 0.2) is 10.9 Å². The van der Waals surface area contributed by atoms with Crippen molar-refractivity contribution in [2.75, 3.05) is 64.3 Å². The van der Waals surface area contributed by atoms with Gasteiger partial charge in [-0.05, 0) is 26.8 Å². The molecule has 2 aliphatic heterocycles. The van der Waals surface area contributed by atoms with E-state index >= 15 is 0 Å². The highest BCUT2D eigenvalue weighted by Gasteiger charge is 2.28. The third-order valence-corrected chi connectivity index (χ3v) is 5.84. The predicted molar refractivity (Wildman–Crippen MR) is 106 cm³/mol. The minimum absolute atomic E-state index is 0.0218. The molecule has 0 unspecified atom stereocenters. The maximum atomic E-state index is 12.7. The van der Waals surface area contributed by atoms with E-state index in [0.717, 1.165) is 69.0 Å². The second-order valence-electron chi connectivity index (χ2n) is 7.87. The van der Waals surface area contributed by atoms with Crippen LogP contribution in [-0.2, 0) is 4.79 Å². The molecule has 2 saturated heterocycles. The number of carbonyl (C=O) groups excluding carboxylic acids is 1. The smallest absolute Gasteiger partial charge is 0.263 e. The number of nitrogens with zero attached hydrogens (tertiary/aromatic N) is 6. The molecular formula is C19H29N7O2. The topological polar surface area (TPSA) is 90.6 Å². The first kappa shape index (κ1) is 19.1. The number of rotatable bonds is 5. The van der Waals surface area contributed by atoms with E-state index in [1.54, 1.807) is 0 Å². The molecule has 9 nitrogen and oxygen atoms in total. The van der Waals surface area contributed by atoms with E-state index in [-0.39, 0.29) is 11.8 Å². The molecule has 2 aliphatic rings. The Hall–Kier alpha value is -2.26. The first-order valence-electron chi connectivity index (χ1n) is 10.1. The molecule has 4 heterocycles. The molecule has 0 bridgehead atoms. The zero-order valence-electron chi connectivity index (χ0n) is 16.7. The van der Waals surface area contributed by atoms with E-state index in [9.17, 15) is 4.79 Å². The van der Waals surface area contributed by atoms with Gasteiger partial charge in [0, 0.05) is 52.4 Å². The first-order chi connectivity index (χ1) is 13.6. The number of anilines is 1. The van der Waals surface area contributed by atoms with E-state index in [2.05, 4.69) is 42.2 Å². The number of aromatic nitrogens is 3. The number of hydrogen-bond acceptors (Lipinski definition) is 8. The fourth-order valence-corrected chi connectivity index (χ4v) is 4.08. The Labute approximate surface area is 165 Å². The Balaban J connectivity index is 1.33. The van der Waals surface area contributed by atoms with Crippen molar-refractivity contribution in [3.05, 3.63) is 12.0 Å². The van der Waals surface area contributed by atoms with Crippen LogP contribution >= 0.6 is 0 Å². The van der Waals surface area contributed by atoms with Gasteiger partial charge in [-0.3, -0.25) is 9.69 Å². The molecule has 0 saturated carbocycles. The summed E-state index contributed by atoms with van der Waals surface area (Å²) in [5.74, 6) is 0.941. The average molecular weight is 387 g/mol. The van der Waals surface area contributed by atoms with Gasteiger partial charge in [-0.1, -0.05) is 5.16 Å². The van der Waals surface area contributed by atoms with Gasteiger partial charge in [-0.15, -0.1) is 0 Å². The van der Waals surface area contributed by atoms with Crippen LogP contribution in [-0.4, -0.2) is 90.2 Å². The van der Waals surface area contributed by atoms with Crippen molar-refractivity contribution >= 4 is 22.8 Å². The van der Waals surface area contributed by atoms with Gasteiger partial charge in [0.2, 0.25) is 5.91 Å². The number of hydrogen-bond donors (Lipinski definition) is 1.